The molecule has 0 aliphatic carbocycles. The van der Waals surface area contributed by atoms with Crippen molar-refractivity contribution in [1.29, 1.82) is 0 Å². The van der Waals surface area contributed by atoms with Crippen molar-refractivity contribution in [2.24, 2.45) is 0 Å². The number of hydrogen-bond donors (Lipinski definition) is 2. The van der Waals surface area contributed by atoms with Gasteiger partial charge in [0, 0.05) is 6.54 Å². The van der Waals surface area contributed by atoms with Crippen LogP contribution >= 0.6 is 0 Å². The standard InChI is InChI=1S/C11H20N2O4/c1-11(2,3)17-10(16)12-13-7-5-4-6-8(13)9(14)15/h8H,4-7H2,1-3H3,(H,12,16)(H,14,15)/t8-/m1/s1. The van der Waals surface area contributed by atoms with Gasteiger partial charge in [0.25, 0.3) is 0 Å². The topological polar surface area (TPSA) is 78.9 Å². The normalized spacial score (nSPS) is 21.9. The van der Waals surface area contributed by atoms with Gasteiger partial charge in [-0.3, -0.25) is 10.2 Å². The summed E-state index contributed by atoms with van der Waals surface area (Å²) in [4.78, 5) is 22.5. The summed E-state index contributed by atoms with van der Waals surface area (Å²) in [7, 11) is 0. The zero-order valence-electron chi connectivity index (χ0n) is 10.5. The van der Waals surface area contributed by atoms with Crippen LogP contribution in [0.25, 0.3) is 0 Å². The van der Waals surface area contributed by atoms with Gasteiger partial charge in [-0.05, 0) is 40.0 Å². The maximum absolute atomic E-state index is 11.5. The molecule has 0 saturated carbocycles. The molecule has 1 atom stereocenters. The third-order valence-corrected chi connectivity index (χ3v) is 2.42. The van der Waals surface area contributed by atoms with Crippen molar-refractivity contribution in [3.8, 4) is 0 Å². The first-order valence-corrected chi connectivity index (χ1v) is 5.79. The molecular weight excluding hydrogens is 224 g/mol. The monoisotopic (exact) mass is 244 g/mol. The number of carboxylic acids is 1. The first kappa shape index (κ1) is 13.8. The van der Waals surface area contributed by atoms with Crippen molar-refractivity contribution in [3.63, 3.8) is 0 Å². The van der Waals surface area contributed by atoms with Gasteiger partial charge in [-0.2, -0.15) is 0 Å². The minimum absolute atomic E-state index is 0.538. The molecule has 6 nitrogen and oxygen atoms in total. The molecule has 0 radical (unpaired) electrons. The highest BCUT2D eigenvalue weighted by Crippen LogP contribution is 2.15. The highest BCUT2D eigenvalue weighted by atomic mass is 16.6. The van der Waals surface area contributed by atoms with Gasteiger partial charge in [-0.15, -0.1) is 0 Å². The van der Waals surface area contributed by atoms with Crippen molar-refractivity contribution in [1.82, 2.24) is 10.4 Å². The number of amides is 1. The van der Waals surface area contributed by atoms with Gasteiger partial charge in [0.1, 0.15) is 11.6 Å². The summed E-state index contributed by atoms with van der Waals surface area (Å²) >= 11 is 0. The molecule has 98 valence electrons. The number of carboxylic acid groups (broad SMARTS) is 1. The zero-order valence-corrected chi connectivity index (χ0v) is 10.5. The van der Waals surface area contributed by atoms with E-state index in [-0.39, 0.29) is 0 Å². The number of nitrogens with one attached hydrogen (secondary N) is 1. The molecule has 1 heterocycles. The van der Waals surface area contributed by atoms with Crippen LogP contribution in [0, 0.1) is 0 Å². The van der Waals surface area contributed by atoms with Crippen molar-refractivity contribution >= 4 is 12.1 Å². The highest BCUT2D eigenvalue weighted by molar-refractivity contribution is 5.74. The number of hydrogen-bond acceptors (Lipinski definition) is 4. The van der Waals surface area contributed by atoms with Gasteiger partial charge in [0.2, 0.25) is 0 Å². The summed E-state index contributed by atoms with van der Waals surface area (Å²) in [6.07, 6.45) is 1.68. The van der Waals surface area contributed by atoms with Gasteiger partial charge in [-0.25, -0.2) is 9.80 Å². The summed E-state index contributed by atoms with van der Waals surface area (Å²) in [6.45, 7) is 5.82. The average Bonchev–Trinajstić information content (AvgIpc) is 2.14. The van der Waals surface area contributed by atoms with Gasteiger partial charge < -0.3 is 9.84 Å². The van der Waals surface area contributed by atoms with Gasteiger partial charge in [-0.1, -0.05) is 0 Å². The first-order chi connectivity index (χ1) is 7.79. The predicted molar refractivity (Wildman–Crippen MR) is 61.4 cm³/mol. The lowest BCUT2D eigenvalue weighted by Gasteiger charge is -2.33. The van der Waals surface area contributed by atoms with E-state index in [0.717, 1.165) is 12.8 Å². The summed E-state index contributed by atoms with van der Waals surface area (Å²) in [5.74, 6) is -0.916. The summed E-state index contributed by atoms with van der Waals surface area (Å²) in [6, 6.07) is -0.656. The second-order valence-electron chi connectivity index (χ2n) is 5.16. The van der Waals surface area contributed by atoms with Crippen LogP contribution in [-0.4, -0.2) is 40.4 Å². The number of hydrazine groups is 1. The Morgan fingerprint density at radius 3 is 2.53 bits per heavy atom. The Bertz CT molecular complexity index is 298. The predicted octanol–water partition coefficient (Wildman–Crippen LogP) is 1.37. The van der Waals surface area contributed by atoms with Crippen LogP contribution in [0.2, 0.25) is 0 Å². The molecule has 0 aromatic carbocycles. The summed E-state index contributed by atoms with van der Waals surface area (Å²) in [5.41, 5.74) is 1.91. The van der Waals surface area contributed by atoms with Crippen LogP contribution in [0.4, 0.5) is 4.79 Å². The second-order valence-corrected chi connectivity index (χ2v) is 5.16. The molecule has 0 unspecified atom stereocenters. The molecular formula is C11H20N2O4. The van der Waals surface area contributed by atoms with Crippen LogP contribution < -0.4 is 5.43 Å². The van der Waals surface area contributed by atoms with Crippen LogP contribution in [-0.2, 0) is 9.53 Å². The molecule has 1 rings (SSSR count). The van der Waals surface area contributed by atoms with Crippen LogP contribution in [0.1, 0.15) is 40.0 Å². The Kier molecular flexibility index (Phi) is 4.34. The van der Waals surface area contributed by atoms with E-state index < -0.39 is 23.7 Å². The van der Waals surface area contributed by atoms with E-state index in [9.17, 15) is 9.59 Å². The van der Waals surface area contributed by atoms with E-state index in [4.69, 9.17) is 9.84 Å². The molecule has 17 heavy (non-hydrogen) atoms. The molecule has 0 aromatic heterocycles. The quantitative estimate of drug-likeness (QED) is 0.767. The van der Waals surface area contributed by atoms with E-state index in [1.807, 2.05) is 0 Å². The molecule has 1 fully saturated rings. The number of carbonyl (C=O) groups is 2. The molecule has 1 aliphatic heterocycles. The zero-order chi connectivity index (χ0) is 13.1. The van der Waals surface area contributed by atoms with Gasteiger partial charge in [0.05, 0.1) is 0 Å². The van der Waals surface area contributed by atoms with Crippen molar-refractivity contribution in [2.75, 3.05) is 6.54 Å². The maximum atomic E-state index is 11.5. The van der Waals surface area contributed by atoms with Crippen molar-refractivity contribution < 1.29 is 19.4 Å². The van der Waals surface area contributed by atoms with E-state index in [2.05, 4.69) is 5.43 Å². The SMILES string of the molecule is CC(C)(C)OC(=O)NN1CCCC[C@@H]1C(=O)O. The molecule has 1 saturated heterocycles. The fourth-order valence-corrected chi connectivity index (χ4v) is 1.74. The smallest absolute Gasteiger partial charge is 0.422 e. The summed E-state index contributed by atoms with van der Waals surface area (Å²) in [5, 5.41) is 10.5. The number of rotatable bonds is 2. The largest absolute Gasteiger partial charge is 0.480 e. The fraction of sp³-hybridized carbons (Fsp3) is 0.818. The van der Waals surface area contributed by atoms with E-state index in [0.29, 0.717) is 13.0 Å². The number of piperidine rings is 1. The molecule has 1 aliphatic rings. The highest BCUT2D eigenvalue weighted by Gasteiger charge is 2.30. The second kappa shape index (κ2) is 5.35. The molecule has 6 heteroatoms. The van der Waals surface area contributed by atoms with E-state index >= 15 is 0 Å². The Balaban J connectivity index is 2.53. The molecule has 2 N–H and O–H groups in total. The molecule has 0 bridgehead atoms. The summed E-state index contributed by atoms with van der Waals surface area (Å²) < 4.78 is 5.08. The van der Waals surface area contributed by atoms with Crippen molar-refractivity contribution in [2.45, 2.75) is 51.7 Å². The minimum atomic E-state index is -0.916. The third kappa shape index (κ3) is 4.60. The van der Waals surface area contributed by atoms with Crippen LogP contribution in [0.5, 0.6) is 0 Å². The maximum Gasteiger partial charge on any atom is 0.422 e. The van der Waals surface area contributed by atoms with Gasteiger partial charge in [0.15, 0.2) is 0 Å². The van der Waals surface area contributed by atoms with Crippen LogP contribution in [0.15, 0.2) is 0 Å². The lowest BCUT2D eigenvalue weighted by atomic mass is 10.0. The van der Waals surface area contributed by atoms with Gasteiger partial charge >= 0.3 is 12.1 Å². The number of aliphatic carboxylic acids is 1. The lowest BCUT2D eigenvalue weighted by molar-refractivity contribution is -0.146. The van der Waals surface area contributed by atoms with E-state index in [1.165, 1.54) is 5.01 Å². The minimum Gasteiger partial charge on any atom is -0.480 e. The Morgan fingerprint density at radius 2 is 2.00 bits per heavy atom. The van der Waals surface area contributed by atoms with Crippen molar-refractivity contribution in [3.05, 3.63) is 0 Å². The Labute approximate surface area is 101 Å². The molecule has 0 aromatic rings. The number of carbonyl (C=O) groups excluding carboxylic acids is 1. The molecule has 0 spiro atoms. The third-order valence-electron chi connectivity index (χ3n) is 2.42. The Morgan fingerprint density at radius 1 is 1.35 bits per heavy atom. The lowest BCUT2D eigenvalue weighted by Crippen LogP contribution is -2.54. The fourth-order valence-electron chi connectivity index (χ4n) is 1.74. The van der Waals surface area contributed by atoms with Crippen LogP contribution in [0.3, 0.4) is 0 Å². The Hall–Kier alpha value is -1.30. The number of nitrogens with zero attached hydrogens (tertiary/aromatic N) is 1. The first-order valence-electron chi connectivity index (χ1n) is 5.79. The average molecular weight is 244 g/mol. The van der Waals surface area contributed by atoms with E-state index in [1.54, 1.807) is 20.8 Å². The molecule has 1 amide bonds. The number of ether oxygens (including phenoxy) is 1.